The van der Waals surface area contributed by atoms with E-state index in [1.807, 2.05) is 31.2 Å². The summed E-state index contributed by atoms with van der Waals surface area (Å²) >= 11 is 0. The van der Waals surface area contributed by atoms with Gasteiger partial charge in [0, 0.05) is 5.56 Å². The molecule has 0 bridgehead atoms. The molecule has 1 heterocycles. The summed E-state index contributed by atoms with van der Waals surface area (Å²) in [5, 5.41) is 13.4. The highest BCUT2D eigenvalue weighted by atomic mass is 16.4. The minimum atomic E-state index is -0.952. The lowest BCUT2D eigenvalue weighted by Gasteiger charge is -2.02. The summed E-state index contributed by atoms with van der Waals surface area (Å²) in [4.78, 5) is 10.9. The van der Waals surface area contributed by atoms with Gasteiger partial charge in [0.1, 0.15) is 5.69 Å². The second-order valence-electron chi connectivity index (χ2n) is 5.10. The SMILES string of the molecule is Cc1ccc(-c2nn(-c3ccc(C(=O)O)cc3)cc2N)cc1. The standard InChI is InChI=1S/C17H15N3O2/c1-11-2-4-12(5-3-11)16-15(18)10-20(19-16)14-8-6-13(7-9-14)17(21)22/h2-10H,18H2,1H3,(H,21,22). The maximum atomic E-state index is 10.9. The third kappa shape index (κ3) is 2.56. The van der Waals surface area contributed by atoms with Crippen molar-refractivity contribution >= 4 is 11.7 Å². The summed E-state index contributed by atoms with van der Waals surface area (Å²) in [5.41, 5.74) is 10.5. The second kappa shape index (κ2) is 5.37. The van der Waals surface area contributed by atoms with Crippen molar-refractivity contribution in [3.63, 3.8) is 0 Å². The molecule has 0 spiro atoms. The lowest BCUT2D eigenvalue weighted by Crippen LogP contribution is -1.98. The van der Waals surface area contributed by atoms with Crippen LogP contribution in [0.5, 0.6) is 0 Å². The molecule has 0 radical (unpaired) electrons. The summed E-state index contributed by atoms with van der Waals surface area (Å²) < 4.78 is 1.65. The molecular weight excluding hydrogens is 278 g/mol. The van der Waals surface area contributed by atoms with Gasteiger partial charge in [0.05, 0.1) is 23.1 Å². The number of nitrogens with zero attached hydrogens (tertiary/aromatic N) is 2. The van der Waals surface area contributed by atoms with E-state index in [0.29, 0.717) is 11.4 Å². The van der Waals surface area contributed by atoms with Crippen molar-refractivity contribution < 1.29 is 9.90 Å². The first kappa shape index (κ1) is 13.9. The van der Waals surface area contributed by atoms with Gasteiger partial charge in [0.25, 0.3) is 0 Å². The number of carboxylic acids is 1. The molecule has 0 saturated heterocycles. The Morgan fingerprint density at radius 2 is 1.73 bits per heavy atom. The number of hydrogen-bond acceptors (Lipinski definition) is 3. The molecular formula is C17H15N3O2. The Bertz CT molecular complexity index is 818. The van der Waals surface area contributed by atoms with Crippen LogP contribution < -0.4 is 5.73 Å². The summed E-state index contributed by atoms with van der Waals surface area (Å²) in [6.07, 6.45) is 1.73. The molecule has 0 atom stereocenters. The van der Waals surface area contributed by atoms with Gasteiger partial charge in [-0.05, 0) is 31.2 Å². The van der Waals surface area contributed by atoms with Crippen molar-refractivity contribution in [2.75, 3.05) is 5.73 Å². The molecule has 5 heteroatoms. The number of hydrogen-bond donors (Lipinski definition) is 2. The van der Waals surface area contributed by atoms with E-state index in [-0.39, 0.29) is 5.56 Å². The average molecular weight is 293 g/mol. The Labute approximate surface area is 127 Å². The molecule has 0 saturated carbocycles. The van der Waals surface area contributed by atoms with E-state index in [2.05, 4.69) is 5.10 Å². The number of benzene rings is 2. The van der Waals surface area contributed by atoms with E-state index in [0.717, 1.165) is 11.3 Å². The molecule has 0 amide bonds. The molecule has 5 nitrogen and oxygen atoms in total. The molecule has 0 unspecified atom stereocenters. The van der Waals surface area contributed by atoms with Crippen molar-refractivity contribution in [2.45, 2.75) is 6.92 Å². The van der Waals surface area contributed by atoms with Crippen molar-refractivity contribution in [1.29, 1.82) is 0 Å². The zero-order chi connectivity index (χ0) is 15.7. The fourth-order valence-corrected chi connectivity index (χ4v) is 2.21. The van der Waals surface area contributed by atoms with Gasteiger partial charge in [-0.15, -0.1) is 0 Å². The largest absolute Gasteiger partial charge is 0.478 e. The van der Waals surface area contributed by atoms with Crippen LogP contribution in [0.1, 0.15) is 15.9 Å². The monoisotopic (exact) mass is 293 g/mol. The highest BCUT2D eigenvalue weighted by Crippen LogP contribution is 2.25. The van der Waals surface area contributed by atoms with Crippen LogP contribution in [0.2, 0.25) is 0 Å². The zero-order valence-electron chi connectivity index (χ0n) is 12.0. The Hall–Kier alpha value is -3.08. The van der Waals surface area contributed by atoms with E-state index < -0.39 is 5.97 Å². The smallest absolute Gasteiger partial charge is 0.335 e. The maximum Gasteiger partial charge on any atom is 0.335 e. The fraction of sp³-hybridized carbons (Fsp3) is 0.0588. The maximum absolute atomic E-state index is 10.9. The number of carboxylic acid groups (broad SMARTS) is 1. The van der Waals surface area contributed by atoms with E-state index in [9.17, 15) is 4.79 Å². The van der Waals surface area contributed by atoms with Crippen LogP contribution in [0, 0.1) is 6.92 Å². The van der Waals surface area contributed by atoms with E-state index in [4.69, 9.17) is 10.8 Å². The molecule has 3 N–H and O–H groups in total. The van der Waals surface area contributed by atoms with Crippen LogP contribution in [0.25, 0.3) is 16.9 Å². The Morgan fingerprint density at radius 1 is 1.09 bits per heavy atom. The second-order valence-corrected chi connectivity index (χ2v) is 5.10. The summed E-state index contributed by atoms with van der Waals surface area (Å²) in [5.74, 6) is -0.952. The lowest BCUT2D eigenvalue weighted by molar-refractivity contribution is 0.0697. The first-order chi connectivity index (χ1) is 10.5. The molecule has 0 fully saturated rings. The van der Waals surface area contributed by atoms with Crippen molar-refractivity contribution in [3.8, 4) is 16.9 Å². The quantitative estimate of drug-likeness (QED) is 0.777. The van der Waals surface area contributed by atoms with Crippen LogP contribution in [0.3, 0.4) is 0 Å². The molecule has 0 aliphatic carbocycles. The van der Waals surface area contributed by atoms with Gasteiger partial charge in [0.2, 0.25) is 0 Å². The van der Waals surface area contributed by atoms with E-state index in [1.54, 1.807) is 35.1 Å². The number of nitrogens with two attached hydrogens (primary N) is 1. The Balaban J connectivity index is 1.98. The van der Waals surface area contributed by atoms with Crippen LogP contribution in [-0.4, -0.2) is 20.9 Å². The van der Waals surface area contributed by atoms with Gasteiger partial charge in [-0.1, -0.05) is 29.8 Å². The minimum absolute atomic E-state index is 0.239. The molecule has 0 aliphatic rings. The third-order valence-electron chi connectivity index (χ3n) is 3.45. The molecule has 1 aromatic heterocycles. The predicted octanol–water partition coefficient (Wildman–Crippen LogP) is 3.13. The highest BCUT2D eigenvalue weighted by Gasteiger charge is 2.10. The molecule has 0 aliphatic heterocycles. The summed E-state index contributed by atoms with van der Waals surface area (Å²) in [7, 11) is 0. The van der Waals surface area contributed by atoms with Crippen LogP contribution in [0.4, 0.5) is 5.69 Å². The zero-order valence-corrected chi connectivity index (χ0v) is 12.0. The predicted molar refractivity (Wildman–Crippen MR) is 85.1 cm³/mol. The van der Waals surface area contributed by atoms with Gasteiger partial charge >= 0.3 is 5.97 Å². The van der Waals surface area contributed by atoms with Crippen molar-refractivity contribution in [1.82, 2.24) is 9.78 Å². The topological polar surface area (TPSA) is 81.1 Å². The number of aryl methyl sites for hydroxylation is 1. The van der Waals surface area contributed by atoms with Gasteiger partial charge < -0.3 is 10.8 Å². The first-order valence-corrected chi connectivity index (χ1v) is 6.80. The van der Waals surface area contributed by atoms with Gasteiger partial charge in [0.15, 0.2) is 0 Å². The average Bonchev–Trinajstić information content (AvgIpc) is 2.90. The van der Waals surface area contributed by atoms with Gasteiger partial charge in [-0.3, -0.25) is 0 Å². The number of carbonyl (C=O) groups is 1. The van der Waals surface area contributed by atoms with Crippen LogP contribution in [-0.2, 0) is 0 Å². The van der Waals surface area contributed by atoms with Gasteiger partial charge in [-0.2, -0.15) is 5.10 Å². The van der Waals surface area contributed by atoms with E-state index >= 15 is 0 Å². The fourth-order valence-electron chi connectivity index (χ4n) is 2.21. The molecule has 3 rings (SSSR count). The molecule has 2 aromatic carbocycles. The van der Waals surface area contributed by atoms with Crippen LogP contribution in [0.15, 0.2) is 54.7 Å². The minimum Gasteiger partial charge on any atom is -0.478 e. The Morgan fingerprint density at radius 3 is 2.32 bits per heavy atom. The summed E-state index contributed by atoms with van der Waals surface area (Å²) in [6.45, 7) is 2.02. The molecule has 22 heavy (non-hydrogen) atoms. The van der Waals surface area contributed by atoms with Crippen molar-refractivity contribution in [3.05, 3.63) is 65.9 Å². The molecule has 3 aromatic rings. The number of rotatable bonds is 3. The number of aromatic carboxylic acids is 1. The molecule has 110 valence electrons. The third-order valence-corrected chi connectivity index (χ3v) is 3.45. The Kier molecular flexibility index (Phi) is 3.39. The van der Waals surface area contributed by atoms with Crippen LogP contribution >= 0.6 is 0 Å². The number of anilines is 1. The first-order valence-electron chi connectivity index (χ1n) is 6.80. The van der Waals surface area contributed by atoms with E-state index in [1.165, 1.54) is 5.56 Å². The number of aromatic nitrogens is 2. The highest BCUT2D eigenvalue weighted by molar-refractivity contribution is 5.87. The number of nitrogen functional groups attached to an aromatic ring is 1. The van der Waals surface area contributed by atoms with Crippen molar-refractivity contribution in [2.24, 2.45) is 0 Å². The summed E-state index contributed by atoms with van der Waals surface area (Å²) in [6, 6.07) is 14.5. The normalized spacial score (nSPS) is 10.6. The van der Waals surface area contributed by atoms with Gasteiger partial charge in [-0.25, -0.2) is 9.48 Å². The lowest BCUT2D eigenvalue weighted by atomic mass is 10.1.